The second kappa shape index (κ2) is 10.2. The molecule has 0 bridgehead atoms. The third-order valence-corrected chi connectivity index (χ3v) is 4.94. The highest BCUT2D eigenvalue weighted by Crippen LogP contribution is 2.29. The molecule has 0 saturated carbocycles. The fourth-order valence-corrected chi connectivity index (χ4v) is 3.24. The normalized spacial score (nSPS) is 17.1. The first-order chi connectivity index (χ1) is 16.9. The molecule has 174 valence electrons. The van der Waals surface area contributed by atoms with Crippen LogP contribution in [0.1, 0.15) is 32.4 Å². The van der Waals surface area contributed by atoms with Crippen LogP contribution in [0.25, 0.3) is 0 Å². The molecule has 1 saturated heterocycles. The number of hydrogen-bond donors (Lipinski definition) is 3. The lowest BCUT2D eigenvalue weighted by Crippen LogP contribution is -2.28. The number of nitrogens with one attached hydrogen (secondary N) is 3. The second-order valence-electron chi connectivity index (χ2n) is 7.25. The number of benzene rings is 3. The predicted molar refractivity (Wildman–Crippen MR) is 127 cm³/mol. The van der Waals surface area contributed by atoms with Gasteiger partial charge in [0.15, 0.2) is 11.8 Å². The average molecular weight is 470 g/mol. The third kappa shape index (κ3) is 5.25. The molecule has 0 spiro atoms. The zero-order valence-corrected chi connectivity index (χ0v) is 18.0. The Morgan fingerprint density at radius 1 is 0.857 bits per heavy atom. The Labute approximate surface area is 198 Å². The van der Waals surface area contributed by atoms with E-state index in [9.17, 15) is 19.7 Å². The zero-order valence-electron chi connectivity index (χ0n) is 18.0. The van der Waals surface area contributed by atoms with Crippen molar-refractivity contribution in [1.82, 2.24) is 10.9 Å². The molecule has 11 nitrogen and oxygen atoms in total. The SMILES string of the molecule is N=C1O[C@@H](c2cccc([N+](=O)[O-])c2)C(=N/NC(=O)c2ccccc2)/C1=N\NC(=O)c1ccccc1. The van der Waals surface area contributed by atoms with Crippen molar-refractivity contribution >= 4 is 34.8 Å². The number of nitro benzene ring substituents is 1. The standard InChI is InChI=1S/C24H18N6O5/c25-22-20(27-29-24(32)16-10-5-2-6-11-16)19(26-28-23(31)15-8-3-1-4-9-15)21(35-22)17-12-7-13-18(14-17)30(33)34/h1-14,21,25H,(H,28,31)(H,29,32)/b25-22?,26-19+,27-20+/t21-/m0/s1. The van der Waals surface area contributed by atoms with Gasteiger partial charge in [0.25, 0.3) is 17.5 Å². The van der Waals surface area contributed by atoms with E-state index in [2.05, 4.69) is 21.1 Å². The maximum Gasteiger partial charge on any atom is 0.271 e. The van der Waals surface area contributed by atoms with Crippen LogP contribution in [0, 0.1) is 15.5 Å². The van der Waals surface area contributed by atoms with Gasteiger partial charge in [-0.05, 0) is 24.3 Å². The third-order valence-electron chi connectivity index (χ3n) is 4.94. The van der Waals surface area contributed by atoms with Gasteiger partial charge in [-0.25, -0.2) is 10.9 Å². The lowest BCUT2D eigenvalue weighted by atomic mass is 10.0. The Morgan fingerprint density at radius 2 is 1.43 bits per heavy atom. The van der Waals surface area contributed by atoms with Gasteiger partial charge in [0.2, 0.25) is 5.90 Å². The van der Waals surface area contributed by atoms with E-state index in [1.807, 2.05) is 0 Å². The van der Waals surface area contributed by atoms with Crippen molar-refractivity contribution in [3.8, 4) is 0 Å². The molecule has 1 atom stereocenters. The van der Waals surface area contributed by atoms with Crippen molar-refractivity contribution in [1.29, 1.82) is 5.41 Å². The van der Waals surface area contributed by atoms with Crippen molar-refractivity contribution < 1.29 is 19.2 Å². The summed E-state index contributed by atoms with van der Waals surface area (Å²) < 4.78 is 5.58. The Morgan fingerprint density at radius 3 is 2.00 bits per heavy atom. The molecule has 0 aromatic heterocycles. The molecule has 1 heterocycles. The largest absolute Gasteiger partial charge is 0.461 e. The van der Waals surface area contributed by atoms with Gasteiger partial charge in [0, 0.05) is 28.8 Å². The molecule has 3 aromatic carbocycles. The molecule has 0 unspecified atom stereocenters. The summed E-state index contributed by atoms with van der Waals surface area (Å²) in [4.78, 5) is 35.6. The van der Waals surface area contributed by atoms with Gasteiger partial charge >= 0.3 is 0 Å². The summed E-state index contributed by atoms with van der Waals surface area (Å²) in [5, 5.41) is 27.6. The van der Waals surface area contributed by atoms with E-state index >= 15 is 0 Å². The van der Waals surface area contributed by atoms with E-state index in [1.54, 1.807) is 66.7 Å². The summed E-state index contributed by atoms with van der Waals surface area (Å²) in [6, 6.07) is 22.2. The summed E-state index contributed by atoms with van der Waals surface area (Å²) in [5.41, 5.74) is 5.41. The van der Waals surface area contributed by atoms with Crippen LogP contribution in [0.15, 0.2) is 95.1 Å². The monoisotopic (exact) mass is 470 g/mol. The van der Waals surface area contributed by atoms with Gasteiger partial charge < -0.3 is 4.74 Å². The number of carbonyl (C=O) groups excluding carboxylic acids is 2. The van der Waals surface area contributed by atoms with E-state index < -0.39 is 28.7 Å². The van der Waals surface area contributed by atoms with E-state index in [0.29, 0.717) is 16.7 Å². The molecule has 2 amide bonds. The molecule has 1 aliphatic heterocycles. The molecule has 0 radical (unpaired) electrons. The molecule has 0 aliphatic carbocycles. The van der Waals surface area contributed by atoms with Crippen LogP contribution in [-0.4, -0.2) is 34.1 Å². The fourth-order valence-electron chi connectivity index (χ4n) is 3.24. The smallest absolute Gasteiger partial charge is 0.271 e. The zero-order chi connectivity index (χ0) is 24.8. The number of nitrogens with zero attached hydrogens (tertiary/aromatic N) is 3. The summed E-state index contributed by atoms with van der Waals surface area (Å²) >= 11 is 0. The molecular formula is C24H18N6O5. The minimum atomic E-state index is -1.08. The van der Waals surface area contributed by atoms with Gasteiger partial charge in [0.1, 0.15) is 5.71 Å². The van der Waals surface area contributed by atoms with Gasteiger partial charge in [-0.15, -0.1) is 0 Å². The predicted octanol–water partition coefficient (Wildman–Crippen LogP) is 3.22. The van der Waals surface area contributed by atoms with Gasteiger partial charge in [-0.2, -0.15) is 10.2 Å². The summed E-state index contributed by atoms with van der Waals surface area (Å²) in [6.45, 7) is 0. The van der Waals surface area contributed by atoms with Crippen molar-refractivity contribution in [2.75, 3.05) is 0 Å². The maximum absolute atomic E-state index is 12.5. The molecule has 35 heavy (non-hydrogen) atoms. The number of hydrazone groups is 2. The highest BCUT2D eigenvalue weighted by molar-refractivity contribution is 6.69. The van der Waals surface area contributed by atoms with Crippen LogP contribution in [-0.2, 0) is 4.74 Å². The number of nitro groups is 1. The van der Waals surface area contributed by atoms with Crippen molar-refractivity contribution in [3.63, 3.8) is 0 Å². The molecule has 11 heteroatoms. The topological polar surface area (TPSA) is 159 Å². The van der Waals surface area contributed by atoms with Crippen LogP contribution >= 0.6 is 0 Å². The van der Waals surface area contributed by atoms with E-state index in [-0.39, 0.29) is 17.1 Å². The quantitative estimate of drug-likeness (QED) is 0.372. The lowest BCUT2D eigenvalue weighted by molar-refractivity contribution is -0.384. The summed E-state index contributed by atoms with van der Waals surface area (Å²) in [5.74, 6) is -1.48. The number of rotatable bonds is 6. The molecule has 1 fully saturated rings. The highest BCUT2D eigenvalue weighted by Gasteiger charge is 2.38. The van der Waals surface area contributed by atoms with Crippen LogP contribution in [0.5, 0.6) is 0 Å². The van der Waals surface area contributed by atoms with Crippen LogP contribution in [0.4, 0.5) is 5.69 Å². The lowest BCUT2D eigenvalue weighted by Gasteiger charge is -2.10. The number of hydrogen-bond acceptors (Lipinski definition) is 8. The number of ether oxygens (including phenoxy) is 1. The van der Waals surface area contributed by atoms with E-state index in [1.165, 1.54) is 18.2 Å². The molecule has 3 aromatic rings. The minimum Gasteiger partial charge on any atom is -0.461 e. The number of carbonyl (C=O) groups is 2. The Balaban J connectivity index is 1.68. The molecule has 3 N–H and O–H groups in total. The number of non-ortho nitro benzene ring substituents is 1. The van der Waals surface area contributed by atoms with Gasteiger partial charge in [0.05, 0.1) is 4.92 Å². The molecule has 1 aliphatic rings. The number of amides is 2. The molecular weight excluding hydrogens is 452 g/mol. The van der Waals surface area contributed by atoms with Gasteiger partial charge in [-0.1, -0.05) is 48.5 Å². The fraction of sp³-hybridized carbons (Fsp3) is 0.0417. The summed E-state index contributed by atoms with van der Waals surface area (Å²) in [7, 11) is 0. The van der Waals surface area contributed by atoms with E-state index in [4.69, 9.17) is 10.1 Å². The Hall–Kier alpha value is -5.19. The Kier molecular flexibility index (Phi) is 6.68. The van der Waals surface area contributed by atoms with Gasteiger partial charge in [-0.3, -0.25) is 25.1 Å². The first-order valence-corrected chi connectivity index (χ1v) is 10.3. The Bertz CT molecular complexity index is 1360. The van der Waals surface area contributed by atoms with Crippen molar-refractivity contribution in [2.45, 2.75) is 6.10 Å². The van der Waals surface area contributed by atoms with Crippen LogP contribution in [0.3, 0.4) is 0 Å². The minimum absolute atomic E-state index is 0.00635. The molecule has 4 rings (SSSR count). The summed E-state index contributed by atoms with van der Waals surface area (Å²) in [6.07, 6.45) is -1.08. The first kappa shape index (κ1) is 23.0. The second-order valence-corrected chi connectivity index (χ2v) is 7.25. The van der Waals surface area contributed by atoms with Crippen LogP contribution < -0.4 is 10.9 Å². The van der Waals surface area contributed by atoms with Crippen molar-refractivity contribution in [2.24, 2.45) is 10.2 Å². The first-order valence-electron chi connectivity index (χ1n) is 10.3. The highest BCUT2D eigenvalue weighted by atomic mass is 16.6. The average Bonchev–Trinajstić information content (AvgIpc) is 3.21. The van der Waals surface area contributed by atoms with E-state index in [0.717, 1.165) is 0 Å². The van der Waals surface area contributed by atoms with Crippen molar-refractivity contribution in [3.05, 3.63) is 112 Å². The maximum atomic E-state index is 12.5. The van der Waals surface area contributed by atoms with Crippen LogP contribution in [0.2, 0.25) is 0 Å².